The van der Waals surface area contributed by atoms with Gasteiger partial charge in [-0.25, -0.2) is 9.97 Å². The SMILES string of the molecule is Cc1nc(N)nc(C)c1CC(=O)N1CCOC[C@@](O)(CNC(=O)c2ccccn2)C1. The van der Waals surface area contributed by atoms with Gasteiger partial charge < -0.3 is 25.8 Å². The Morgan fingerprint density at radius 2 is 2.03 bits per heavy atom. The van der Waals surface area contributed by atoms with Gasteiger partial charge in [0, 0.05) is 29.7 Å². The van der Waals surface area contributed by atoms with Crippen LogP contribution in [0.1, 0.15) is 27.4 Å². The normalized spacial score (nSPS) is 19.2. The number of nitrogens with one attached hydrogen (secondary N) is 1. The summed E-state index contributed by atoms with van der Waals surface area (Å²) >= 11 is 0. The molecule has 1 aliphatic heterocycles. The molecule has 0 aromatic carbocycles. The summed E-state index contributed by atoms with van der Waals surface area (Å²) in [6, 6.07) is 5.00. The molecule has 0 aliphatic carbocycles. The van der Waals surface area contributed by atoms with E-state index in [-0.39, 0.29) is 43.7 Å². The molecule has 10 heteroatoms. The Morgan fingerprint density at radius 1 is 1.30 bits per heavy atom. The summed E-state index contributed by atoms with van der Waals surface area (Å²) in [6.07, 6.45) is 1.61. The van der Waals surface area contributed by atoms with Gasteiger partial charge in [0.2, 0.25) is 11.9 Å². The monoisotopic (exact) mass is 414 g/mol. The van der Waals surface area contributed by atoms with Crippen LogP contribution < -0.4 is 11.1 Å². The molecule has 2 amide bonds. The van der Waals surface area contributed by atoms with Crippen molar-refractivity contribution < 1.29 is 19.4 Å². The van der Waals surface area contributed by atoms with Crippen molar-refractivity contribution in [2.45, 2.75) is 25.9 Å². The van der Waals surface area contributed by atoms with Crippen molar-refractivity contribution in [2.75, 3.05) is 38.6 Å². The van der Waals surface area contributed by atoms with Crippen LogP contribution in [0.4, 0.5) is 5.95 Å². The van der Waals surface area contributed by atoms with Crippen LogP contribution in [0.5, 0.6) is 0 Å². The van der Waals surface area contributed by atoms with Crippen LogP contribution in [0.3, 0.4) is 0 Å². The van der Waals surface area contributed by atoms with Crippen LogP contribution in [0.2, 0.25) is 0 Å². The lowest BCUT2D eigenvalue weighted by molar-refractivity contribution is -0.133. The number of aryl methyl sites for hydroxylation is 2. The first-order valence-corrected chi connectivity index (χ1v) is 9.64. The fourth-order valence-corrected chi connectivity index (χ4v) is 3.35. The standard InChI is InChI=1S/C20H26N6O4/c1-13-15(14(2)25-19(21)24-13)9-17(27)26-7-8-30-12-20(29,11-26)10-23-18(28)16-5-3-4-6-22-16/h3-6,29H,7-12H2,1-2H3,(H,23,28)(H2,21,24,25)/t20-/m1/s1. The third-order valence-corrected chi connectivity index (χ3v) is 4.96. The van der Waals surface area contributed by atoms with Crippen molar-refractivity contribution in [1.82, 2.24) is 25.2 Å². The zero-order chi connectivity index (χ0) is 21.7. The first-order chi connectivity index (χ1) is 14.3. The van der Waals surface area contributed by atoms with E-state index >= 15 is 0 Å². The largest absolute Gasteiger partial charge is 0.384 e. The number of pyridine rings is 1. The van der Waals surface area contributed by atoms with E-state index in [1.165, 1.54) is 11.1 Å². The Balaban J connectivity index is 1.66. The molecular weight excluding hydrogens is 388 g/mol. The van der Waals surface area contributed by atoms with Gasteiger partial charge in [-0.15, -0.1) is 0 Å². The highest BCUT2D eigenvalue weighted by molar-refractivity contribution is 5.92. The summed E-state index contributed by atoms with van der Waals surface area (Å²) in [6.45, 7) is 4.15. The maximum Gasteiger partial charge on any atom is 0.269 e. The van der Waals surface area contributed by atoms with Crippen molar-refractivity contribution in [2.24, 2.45) is 0 Å². The van der Waals surface area contributed by atoms with Gasteiger partial charge in [-0.2, -0.15) is 0 Å². The summed E-state index contributed by atoms with van der Waals surface area (Å²) < 4.78 is 5.49. The summed E-state index contributed by atoms with van der Waals surface area (Å²) in [5, 5.41) is 13.7. The molecule has 10 nitrogen and oxygen atoms in total. The van der Waals surface area contributed by atoms with Gasteiger partial charge in [-0.3, -0.25) is 14.6 Å². The van der Waals surface area contributed by atoms with Crippen LogP contribution in [0, 0.1) is 13.8 Å². The molecule has 2 aromatic heterocycles. The number of amides is 2. The minimum atomic E-state index is -1.42. The quantitative estimate of drug-likeness (QED) is 0.601. The van der Waals surface area contributed by atoms with E-state index in [1.54, 1.807) is 32.0 Å². The molecule has 1 fully saturated rings. The van der Waals surface area contributed by atoms with Gasteiger partial charge >= 0.3 is 0 Å². The van der Waals surface area contributed by atoms with Crippen LogP contribution >= 0.6 is 0 Å². The number of hydrogen-bond acceptors (Lipinski definition) is 8. The third kappa shape index (κ3) is 5.28. The van der Waals surface area contributed by atoms with E-state index in [0.29, 0.717) is 30.1 Å². The number of ether oxygens (including phenoxy) is 1. The number of hydrogen-bond donors (Lipinski definition) is 3. The van der Waals surface area contributed by atoms with Crippen molar-refractivity contribution in [3.8, 4) is 0 Å². The summed E-state index contributed by atoms with van der Waals surface area (Å²) in [5.41, 5.74) is 6.50. The van der Waals surface area contributed by atoms with Gasteiger partial charge in [-0.05, 0) is 26.0 Å². The highest BCUT2D eigenvalue weighted by Gasteiger charge is 2.35. The Kier molecular flexibility index (Phi) is 6.58. The molecule has 0 radical (unpaired) electrons. The zero-order valence-electron chi connectivity index (χ0n) is 17.1. The molecule has 2 aromatic rings. The lowest BCUT2D eigenvalue weighted by atomic mass is 10.0. The minimum absolute atomic E-state index is 0.00230. The number of aliphatic hydroxyl groups is 1. The first-order valence-electron chi connectivity index (χ1n) is 9.64. The van der Waals surface area contributed by atoms with Gasteiger partial charge in [0.15, 0.2) is 0 Å². The van der Waals surface area contributed by atoms with E-state index in [4.69, 9.17) is 10.5 Å². The summed E-state index contributed by atoms with van der Waals surface area (Å²) in [5.74, 6) is -0.423. The average molecular weight is 414 g/mol. The average Bonchev–Trinajstić information content (AvgIpc) is 2.91. The molecule has 0 spiro atoms. The van der Waals surface area contributed by atoms with Gasteiger partial charge in [0.25, 0.3) is 5.91 Å². The van der Waals surface area contributed by atoms with Crippen molar-refractivity contribution in [3.63, 3.8) is 0 Å². The number of nitrogens with two attached hydrogens (primary N) is 1. The van der Waals surface area contributed by atoms with E-state index in [1.807, 2.05) is 0 Å². The maximum absolute atomic E-state index is 12.9. The fourth-order valence-electron chi connectivity index (χ4n) is 3.35. The van der Waals surface area contributed by atoms with Crippen LogP contribution in [-0.2, 0) is 16.0 Å². The topological polar surface area (TPSA) is 144 Å². The van der Waals surface area contributed by atoms with Gasteiger partial charge in [-0.1, -0.05) is 6.07 Å². The van der Waals surface area contributed by atoms with Crippen LogP contribution in [-0.4, -0.2) is 75.2 Å². The first kappa shape index (κ1) is 21.6. The number of nitrogens with zero attached hydrogens (tertiary/aromatic N) is 4. The molecule has 1 aliphatic rings. The second-order valence-corrected chi connectivity index (χ2v) is 7.40. The predicted molar refractivity (Wildman–Crippen MR) is 109 cm³/mol. The number of anilines is 1. The number of nitrogen functional groups attached to an aromatic ring is 1. The molecule has 3 heterocycles. The summed E-state index contributed by atoms with van der Waals surface area (Å²) in [7, 11) is 0. The lowest BCUT2D eigenvalue weighted by Crippen LogP contribution is -2.53. The van der Waals surface area contributed by atoms with Crippen molar-refractivity contribution in [3.05, 3.63) is 47.0 Å². The predicted octanol–water partition coefficient (Wildman–Crippen LogP) is -0.367. The van der Waals surface area contributed by atoms with E-state index in [0.717, 1.165) is 0 Å². The smallest absolute Gasteiger partial charge is 0.269 e. The Labute approximate surface area is 174 Å². The summed E-state index contributed by atoms with van der Waals surface area (Å²) in [4.78, 5) is 39.0. The fraction of sp³-hybridized carbons (Fsp3) is 0.450. The van der Waals surface area contributed by atoms with Gasteiger partial charge in [0.1, 0.15) is 11.3 Å². The molecule has 0 unspecified atom stereocenters. The van der Waals surface area contributed by atoms with E-state index in [9.17, 15) is 14.7 Å². The molecule has 1 atom stereocenters. The Morgan fingerprint density at radius 3 is 2.70 bits per heavy atom. The van der Waals surface area contributed by atoms with Crippen molar-refractivity contribution >= 4 is 17.8 Å². The highest BCUT2D eigenvalue weighted by atomic mass is 16.5. The van der Waals surface area contributed by atoms with Crippen LogP contribution in [0.25, 0.3) is 0 Å². The Hall–Kier alpha value is -3.11. The third-order valence-electron chi connectivity index (χ3n) is 4.96. The molecule has 1 saturated heterocycles. The second kappa shape index (κ2) is 9.14. The molecule has 0 saturated carbocycles. The maximum atomic E-state index is 12.9. The van der Waals surface area contributed by atoms with E-state index < -0.39 is 11.5 Å². The molecule has 3 rings (SSSR count). The minimum Gasteiger partial charge on any atom is -0.384 e. The highest BCUT2D eigenvalue weighted by Crippen LogP contribution is 2.17. The number of rotatable bonds is 5. The molecule has 30 heavy (non-hydrogen) atoms. The lowest BCUT2D eigenvalue weighted by Gasteiger charge is -2.31. The Bertz CT molecular complexity index is 900. The number of aromatic nitrogens is 3. The molecule has 4 N–H and O–H groups in total. The molecule has 0 bridgehead atoms. The molecular formula is C20H26N6O4. The van der Waals surface area contributed by atoms with Crippen molar-refractivity contribution in [1.29, 1.82) is 0 Å². The zero-order valence-corrected chi connectivity index (χ0v) is 17.1. The number of carbonyl (C=O) groups is 2. The van der Waals surface area contributed by atoms with Crippen LogP contribution in [0.15, 0.2) is 24.4 Å². The van der Waals surface area contributed by atoms with E-state index in [2.05, 4.69) is 20.3 Å². The molecule has 160 valence electrons. The second-order valence-electron chi connectivity index (χ2n) is 7.40. The number of β-amino-alcohol motifs (C(OH)–C–C–N with tert-alkyl or cyclic N) is 1. The number of carbonyl (C=O) groups excluding carboxylic acids is 2. The van der Waals surface area contributed by atoms with Gasteiger partial charge in [0.05, 0.1) is 32.7 Å².